The lowest BCUT2D eigenvalue weighted by Gasteiger charge is -2.09. The van der Waals surface area contributed by atoms with Gasteiger partial charge in [0.15, 0.2) is 0 Å². The number of amides is 1. The van der Waals surface area contributed by atoms with Crippen molar-refractivity contribution in [1.29, 1.82) is 0 Å². The molecule has 0 fully saturated rings. The van der Waals surface area contributed by atoms with Crippen molar-refractivity contribution in [2.75, 3.05) is 6.61 Å². The highest BCUT2D eigenvalue weighted by molar-refractivity contribution is 6.01. The van der Waals surface area contributed by atoms with Gasteiger partial charge in [-0.25, -0.2) is 4.79 Å². The lowest BCUT2D eigenvalue weighted by molar-refractivity contribution is -0.139. The van der Waals surface area contributed by atoms with Crippen molar-refractivity contribution in [1.82, 2.24) is 5.32 Å². The van der Waals surface area contributed by atoms with Crippen molar-refractivity contribution in [2.45, 2.75) is 13.3 Å². The van der Waals surface area contributed by atoms with Crippen molar-refractivity contribution in [3.05, 3.63) is 89.6 Å². The summed E-state index contributed by atoms with van der Waals surface area (Å²) in [6.45, 7) is 2.22. The van der Waals surface area contributed by atoms with Gasteiger partial charge in [0.2, 0.25) is 0 Å². The van der Waals surface area contributed by atoms with Crippen molar-refractivity contribution in [3.63, 3.8) is 0 Å². The lowest BCUT2D eigenvalue weighted by atomic mass is 10.2. The molecule has 128 valence electrons. The Hall–Kier alpha value is -3.14. The molecule has 1 amide bonds. The highest BCUT2D eigenvalue weighted by atomic mass is 16.5. The van der Waals surface area contributed by atoms with Crippen LogP contribution in [-0.4, -0.2) is 18.5 Å². The van der Waals surface area contributed by atoms with Crippen molar-refractivity contribution in [3.8, 4) is 0 Å². The van der Waals surface area contributed by atoms with E-state index in [0.29, 0.717) is 18.6 Å². The lowest BCUT2D eigenvalue weighted by Crippen LogP contribution is -2.28. The largest absolute Gasteiger partial charge is 0.461 e. The van der Waals surface area contributed by atoms with Gasteiger partial charge >= 0.3 is 5.97 Å². The van der Waals surface area contributed by atoms with Crippen LogP contribution >= 0.6 is 0 Å². The van der Waals surface area contributed by atoms with Crippen LogP contribution in [0.25, 0.3) is 6.08 Å². The van der Waals surface area contributed by atoms with E-state index in [1.54, 1.807) is 36.4 Å². The molecule has 1 N–H and O–H groups in total. The molecule has 0 bridgehead atoms. The van der Waals surface area contributed by atoms with Crippen LogP contribution in [0.1, 0.15) is 29.3 Å². The van der Waals surface area contributed by atoms with Crippen molar-refractivity contribution < 1.29 is 14.3 Å². The standard InChI is InChI=1S/C21H21NO3/c1-2-16-25-21(24)19(15-9-12-17-10-5-3-6-11-17)22-20(23)18-13-7-4-8-14-18/h3-15H,2,16H2,1H3,(H,22,23)/b12-9+,19-15+. The van der Waals surface area contributed by atoms with E-state index in [1.165, 1.54) is 0 Å². The Bertz CT molecular complexity index is 749. The van der Waals surface area contributed by atoms with Crippen LogP contribution in [0.3, 0.4) is 0 Å². The first-order valence-electron chi connectivity index (χ1n) is 8.17. The molecule has 4 heteroatoms. The number of nitrogens with one attached hydrogen (secondary N) is 1. The number of carbonyl (C=O) groups excluding carboxylic acids is 2. The fraction of sp³-hybridized carbons (Fsp3) is 0.143. The predicted molar refractivity (Wildman–Crippen MR) is 98.7 cm³/mol. The maximum absolute atomic E-state index is 12.3. The summed E-state index contributed by atoms with van der Waals surface area (Å²) >= 11 is 0. The first kappa shape index (κ1) is 18.2. The molecule has 25 heavy (non-hydrogen) atoms. The summed E-state index contributed by atoms with van der Waals surface area (Å²) in [5, 5.41) is 2.62. The molecular formula is C21H21NO3. The minimum atomic E-state index is -0.552. The molecule has 0 heterocycles. The maximum Gasteiger partial charge on any atom is 0.354 e. The summed E-state index contributed by atoms with van der Waals surface area (Å²) in [7, 11) is 0. The number of rotatable bonds is 7. The zero-order valence-corrected chi connectivity index (χ0v) is 14.1. The third kappa shape index (κ3) is 6.11. The molecule has 0 unspecified atom stereocenters. The Labute approximate surface area is 147 Å². The highest BCUT2D eigenvalue weighted by Gasteiger charge is 2.14. The molecule has 2 aromatic rings. The number of carbonyl (C=O) groups is 2. The van der Waals surface area contributed by atoms with E-state index in [9.17, 15) is 9.59 Å². The van der Waals surface area contributed by atoms with Gasteiger partial charge in [0.25, 0.3) is 5.91 Å². The molecule has 0 aliphatic heterocycles. The van der Waals surface area contributed by atoms with E-state index < -0.39 is 5.97 Å². The molecule has 2 aromatic carbocycles. The van der Waals surface area contributed by atoms with Crippen LogP contribution in [0, 0.1) is 0 Å². The Balaban J connectivity index is 2.14. The minimum Gasteiger partial charge on any atom is -0.461 e. The monoisotopic (exact) mass is 335 g/mol. The maximum atomic E-state index is 12.3. The highest BCUT2D eigenvalue weighted by Crippen LogP contribution is 2.05. The molecule has 0 aliphatic rings. The average Bonchev–Trinajstić information content (AvgIpc) is 2.66. The minimum absolute atomic E-state index is 0.106. The molecule has 0 saturated carbocycles. The molecule has 0 radical (unpaired) electrons. The molecule has 0 saturated heterocycles. The molecule has 0 spiro atoms. The Morgan fingerprint density at radius 2 is 1.64 bits per heavy atom. The molecular weight excluding hydrogens is 314 g/mol. The fourth-order valence-electron chi connectivity index (χ4n) is 2.04. The van der Waals surface area contributed by atoms with E-state index in [4.69, 9.17) is 4.74 Å². The second-order valence-electron chi connectivity index (χ2n) is 5.31. The van der Waals surface area contributed by atoms with Gasteiger partial charge in [0, 0.05) is 5.56 Å². The summed E-state index contributed by atoms with van der Waals surface area (Å²) in [5.41, 5.74) is 1.58. The first-order valence-corrected chi connectivity index (χ1v) is 8.17. The summed E-state index contributed by atoms with van der Waals surface area (Å²) in [6.07, 6.45) is 5.82. The second-order valence-corrected chi connectivity index (χ2v) is 5.31. The van der Waals surface area contributed by atoms with Crippen LogP contribution in [0.2, 0.25) is 0 Å². The van der Waals surface area contributed by atoms with Crippen LogP contribution < -0.4 is 5.32 Å². The quantitative estimate of drug-likeness (QED) is 0.473. The van der Waals surface area contributed by atoms with Crippen LogP contribution in [0.4, 0.5) is 0 Å². The van der Waals surface area contributed by atoms with Gasteiger partial charge in [-0.3, -0.25) is 4.79 Å². The third-order valence-electron chi connectivity index (χ3n) is 3.29. The fourth-order valence-corrected chi connectivity index (χ4v) is 2.04. The van der Waals surface area contributed by atoms with E-state index in [0.717, 1.165) is 5.56 Å². The smallest absolute Gasteiger partial charge is 0.354 e. The van der Waals surface area contributed by atoms with Gasteiger partial charge in [0.05, 0.1) is 6.61 Å². The number of ether oxygens (including phenoxy) is 1. The molecule has 0 aromatic heterocycles. The van der Waals surface area contributed by atoms with Crippen molar-refractivity contribution >= 4 is 18.0 Å². The summed E-state index contributed by atoms with van der Waals surface area (Å²) in [4.78, 5) is 24.5. The Morgan fingerprint density at radius 1 is 1.00 bits per heavy atom. The number of esters is 1. The topological polar surface area (TPSA) is 55.4 Å². The Morgan fingerprint density at radius 3 is 2.28 bits per heavy atom. The number of benzene rings is 2. The van der Waals surface area contributed by atoms with Crippen LogP contribution in [0.15, 0.2) is 78.5 Å². The SMILES string of the molecule is CCCOC(=O)/C(=C\C=C\c1ccccc1)NC(=O)c1ccccc1. The van der Waals surface area contributed by atoms with Gasteiger partial charge in [-0.2, -0.15) is 0 Å². The summed E-state index contributed by atoms with van der Waals surface area (Å²) in [5.74, 6) is -0.905. The van der Waals surface area contributed by atoms with Gasteiger partial charge in [-0.1, -0.05) is 67.6 Å². The van der Waals surface area contributed by atoms with Gasteiger partial charge < -0.3 is 10.1 Å². The van der Waals surface area contributed by atoms with E-state index in [-0.39, 0.29) is 11.6 Å². The first-order chi connectivity index (χ1) is 12.2. The zero-order valence-electron chi connectivity index (χ0n) is 14.1. The van der Waals surface area contributed by atoms with Crippen LogP contribution in [0.5, 0.6) is 0 Å². The van der Waals surface area contributed by atoms with E-state index in [1.807, 2.05) is 49.4 Å². The number of hydrogen-bond donors (Lipinski definition) is 1. The Kier molecular flexibility index (Phi) is 7.19. The molecule has 2 rings (SSSR count). The number of hydrogen-bond acceptors (Lipinski definition) is 3. The third-order valence-corrected chi connectivity index (χ3v) is 3.29. The second kappa shape index (κ2) is 9.88. The van der Waals surface area contributed by atoms with Gasteiger partial charge in [-0.05, 0) is 30.2 Å². The summed E-state index contributed by atoms with van der Waals surface area (Å²) in [6, 6.07) is 18.4. The zero-order chi connectivity index (χ0) is 17.9. The normalized spacial score (nSPS) is 11.3. The average molecular weight is 335 g/mol. The summed E-state index contributed by atoms with van der Waals surface area (Å²) < 4.78 is 5.14. The number of allylic oxidation sites excluding steroid dienone is 2. The van der Waals surface area contributed by atoms with Gasteiger partial charge in [0.1, 0.15) is 5.70 Å². The predicted octanol–water partition coefficient (Wildman–Crippen LogP) is 3.97. The van der Waals surface area contributed by atoms with Crippen LogP contribution in [-0.2, 0) is 9.53 Å². The molecule has 4 nitrogen and oxygen atoms in total. The molecule has 0 atom stereocenters. The van der Waals surface area contributed by atoms with E-state index >= 15 is 0 Å². The van der Waals surface area contributed by atoms with E-state index in [2.05, 4.69) is 5.32 Å². The van der Waals surface area contributed by atoms with Crippen molar-refractivity contribution in [2.24, 2.45) is 0 Å². The molecule has 0 aliphatic carbocycles. The van der Waals surface area contributed by atoms with Gasteiger partial charge in [-0.15, -0.1) is 0 Å².